The summed E-state index contributed by atoms with van der Waals surface area (Å²) in [6.07, 6.45) is 1.74. The fourth-order valence-electron chi connectivity index (χ4n) is 1.94. The van der Waals surface area contributed by atoms with Crippen LogP contribution in [0.5, 0.6) is 17.2 Å². The van der Waals surface area contributed by atoms with Crippen molar-refractivity contribution in [1.82, 2.24) is 0 Å². The van der Waals surface area contributed by atoms with Crippen LogP contribution in [0, 0.1) is 0 Å². The lowest BCUT2D eigenvalue weighted by atomic mass is 10.1. The molecular weight excluding hydrogens is 286 g/mol. The maximum absolute atomic E-state index is 6.03. The topological polar surface area (TPSA) is 44.5 Å². The molecule has 0 saturated heterocycles. The predicted octanol–water partition coefficient (Wildman–Crippen LogP) is 4.42. The zero-order valence-electron chi connectivity index (χ0n) is 12.1. The van der Waals surface area contributed by atoms with Gasteiger partial charge in [0.2, 0.25) is 0 Å². The maximum atomic E-state index is 6.03. The Kier molecular flexibility index (Phi) is 5.90. The third kappa shape index (κ3) is 4.66. The van der Waals surface area contributed by atoms with Gasteiger partial charge in [-0.2, -0.15) is 0 Å². The van der Waals surface area contributed by atoms with Crippen molar-refractivity contribution in [3.8, 4) is 17.2 Å². The molecule has 0 aliphatic carbocycles. The molecule has 0 bridgehead atoms. The molecule has 0 spiro atoms. The van der Waals surface area contributed by atoms with E-state index in [1.165, 1.54) is 0 Å². The molecule has 0 aliphatic rings. The van der Waals surface area contributed by atoms with Crippen LogP contribution in [0.15, 0.2) is 42.5 Å². The highest BCUT2D eigenvalue weighted by atomic mass is 35.5. The highest BCUT2D eigenvalue weighted by molar-refractivity contribution is 6.30. The fraction of sp³-hybridized carbons (Fsp3) is 0.294. The number of ether oxygens (including phenoxy) is 2. The number of hydrogen-bond donors (Lipinski definition) is 1. The summed E-state index contributed by atoms with van der Waals surface area (Å²) < 4.78 is 11.5. The van der Waals surface area contributed by atoms with E-state index in [4.69, 9.17) is 26.8 Å². The number of rotatable bonds is 7. The van der Waals surface area contributed by atoms with Crippen molar-refractivity contribution in [3.05, 3.63) is 53.1 Å². The van der Waals surface area contributed by atoms with Gasteiger partial charge in [0, 0.05) is 5.02 Å². The molecule has 2 aromatic rings. The first-order valence-electron chi connectivity index (χ1n) is 7.12. The first-order chi connectivity index (χ1) is 10.2. The Morgan fingerprint density at radius 3 is 2.43 bits per heavy atom. The monoisotopic (exact) mass is 305 g/mol. The average Bonchev–Trinajstić information content (AvgIpc) is 2.49. The van der Waals surface area contributed by atoms with Crippen molar-refractivity contribution in [3.63, 3.8) is 0 Å². The second-order valence-electron chi connectivity index (χ2n) is 4.71. The van der Waals surface area contributed by atoms with Gasteiger partial charge >= 0.3 is 0 Å². The lowest BCUT2D eigenvalue weighted by molar-refractivity contribution is 0.317. The molecule has 0 fully saturated rings. The zero-order chi connectivity index (χ0) is 15.1. The Hall–Kier alpha value is -1.71. The van der Waals surface area contributed by atoms with E-state index in [9.17, 15) is 0 Å². The Morgan fingerprint density at radius 2 is 1.76 bits per heavy atom. The summed E-state index contributed by atoms with van der Waals surface area (Å²) in [5, 5.41) is 0.647. The summed E-state index contributed by atoms with van der Waals surface area (Å²) in [4.78, 5) is 0. The molecule has 0 heterocycles. The van der Waals surface area contributed by atoms with Gasteiger partial charge in [0.05, 0.1) is 6.61 Å². The maximum Gasteiger partial charge on any atom is 0.132 e. The van der Waals surface area contributed by atoms with Gasteiger partial charge in [-0.3, -0.25) is 0 Å². The molecule has 2 N–H and O–H groups in total. The Labute approximate surface area is 130 Å². The molecule has 3 nitrogen and oxygen atoms in total. The van der Waals surface area contributed by atoms with E-state index >= 15 is 0 Å². The molecule has 2 aromatic carbocycles. The van der Waals surface area contributed by atoms with Crippen molar-refractivity contribution >= 4 is 11.6 Å². The number of halogens is 1. The third-order valence-electron chi connectivity index (χ3n) is 2.97. The summed E-state index contributed by atoms with van der Waals surface area (Å²) in [6.45, 7) is 3.37. The first kappa shape index (κ1) is 15.7. The van der Waals surface area contributed by atoms with Crippen molar-refractivity contribution < 1.29 is 9.47 Å². The van der Waals surface area contributed by atoms with Crippen LogP contribution in [0.3, 0.4) is 0 Å². The number of hydrogen-bond acceptors (Lipinski definition) is 3. The van der Waals surface area contributed by atoms with E-state index in [-0.39, 0.29) is 0 Å². The normalized spacial score (nSPS) is 10.4. The van der Waals surface area contributed by atoms with Gasteiger partial charge in [0.25, 0.3) is 0 Å². The van der Waals surface area contributed by atoms with Gasteiger partial charge in [0.15, 0.2) is 0 Å². The van der Waals surface area contributed by atoms with Crippen molar-refractivity contribution in [2.75, 3.05) is 13.2 Å². The smallest absolute Gasteiger partial charge is 0.132 e. The van der Waals surface area contributed by atoms with Crippen molar-refractivity contribution in [2.45, 2.75) is 19.8 Å². The molecular formula is C17H20ClNO2. The van der Waals surface area contributed by atoms with E-state index < -0.39 is 0 Å². The summed E-state index contributed by atoms with van der Waals surface area (Å²) in [6, 6.07) is 13.2. The van der Waals surface area contributed by atoms with Gasteiger partial charge in [-0.1, -0.05) is 24.6 Å². The van der Waals surface area contributed by atoms with Crippen LogP contribution in [0.25, 0.3) is 0 Å². The van der Waals surface area contributed by atoms with E-state index in [0.29, 0.717) is 11.6 Å². The lowest BCUT2D eigenvalue weighted by Gasteiger charge is -2.12. The van der Waals surface area contributed by atoms with E-state index in [0.717, 1.165) is 42.3 Å². The highest BCUT2D eigenvalue weighted by Crippen LogP contribution is 2.29. The zero-order valence-corrected chi connectivity index (χ0v) is 12.9. The molecule has 0 unspecified atom stereocenters. The lowest BCUT2D eigenvalue weighted by Crippen LogP contribution is -2.04. The van der Waals surface area contributed by atoms with Crippen LogP contribution in [-0.2, 0) is 6.42 Å². The Balaban J connectivity index is 2.12. The van der Waals surface area contributed by atoms with Gasteiger partial charge in [-0.25, -0.2) is 0 Å². The standard InChI is InChI=1S/C17H20ClNO2/c1-2-11-20-15-5-7-16(8-6-15)21-17-12-14(18)4-3-13(17)9-10-19/h3-8,12H,2,9-11,19H2,1H3. The van der Waals surface area contributed by atoms with Gasteiger partial charge in [-0.15, -0.1) is 0 Å². The van der Waals surface area contributed by atoms with E-state index in [1.54, 1.807) is 0 Å². The summed E-state index contributed by atoms with van der Waals surface area (Å²) in [7, 11) is 0. The van der Waals surface area contributed by atoms with Crippen LogP contribution >= 0.6 is 11.6 Å². The Morgan fingerprint density at radius 1 is 1.05 bits per heavy atom. The summed E-state index contributed by atoms with van der Waals surface area (Å²) in [5.41, 5.74) is 6.67. The predicted molar refractivity (Wildman–Crippen MR) is 86.5 cm³/mol. The van der Waals surface area contributed by atoms with Crippen LogP contribution in [0.4, 0.5) is 0 Å². The van der Waals surface area contributed by atoms with Gasteiger partial charge in [0.1, 0.15) is 17.2 Å². The molecule has 0 atom stereocenters. The molecule has 0 radical (unpaired) electrons. The number of benzene rings is 2. The minimum absolute atomic E-state index is 0.571. The second-order valence-corrected chi connectivity index (χ2v) is 5.15. The molecule has 0 saturated carbocycles. The highest BCUT2D eigenvalue weighted by Gasteiger charge is 2.06. The third-order valence-corrected chi connectivity index (χ3v) is 3.20. The van der Waals surface area contributed by atoms with Crippen molar-refractivity contribution in [1.29, 1.82) is 0 Å². The van der Waals surface area contributed by atoms with Crippen LogP contribution in [0.2, 0.25) is 5.02 Å². The van der Waals surface area contributed by atoms with Crippen LogP contribution in [-0.4, -0.2) is 13.2 Å². The molecule has 0 aromatic heterocycles. The van der Waals surface area contributed by atoms with E-state index in [2.05, 4.69) is 6.92 Å². The quantitative estimate of drug-likeness (QED) is 0.823. The molecule has 0 amide bonds. The Bertz CT molecular complexity index is 570. The van der Waals surface area contributed by atoms with Gasteiger partial charge in [-0.05, 0) is 61.3 Å². The molecule has 21 heavy (non-hydrogen) atoms. The molecule has 0 aliphatic heterocycles. The van der Waals surface area contributed by atoms with E-state index in [1.807, 2.05) is 42.5 Å². The number of nitrogens with two attached hydrogens (primary N) is 1. The first-order valence-corrected chi connectivity index (χ1v) is 7.50. The van der Waals surface area contributed by atoms with Gasteiger partial charge < -0.3 is 15.2 Å². The SMILES string of the molecule is CCCOc1ccc(Oc2cc(Cl)ccc2CCN)cc1. The minimum Gasteiger partial charge on any atom is -0.494 e. The minimum atomic E-state index is 0.571. The molecule has 112 valence electrons. The second kappa shape index (κ2) is 7.91. The molecule has 2 rings (SSSR count). The molecule has 4 heteroatoms. The summed E-state index contributed by atoms with van der Waals surface area (Å²) in [5.74, 6) is 2.34. The average molecular weight is 306 g/mol. The summed E-state index contributed by atoms with van der Waals surface area (Å²) >= 11 is 6.03. The fourth-order valence-corrected chi connectivity index (χ4v) is 2.10. The van der Waals surface area contributed by atoms with Crippen molar-refractivity contribution in [2.24, 2.45) is 5.73 Å². The van der Waals surface area contributed by atoms with Crippen LogP contribution in [0.1, 0.15) is 18.9 Å². The largest absolute Gasteiger partial charge is 0.494 e. The van der Waals surface area contributed by atoms with Crippen LogP contribution < -0.4 is 15.2 Å².